The maximum Gasteiger partial charge on any atom is 0.339 e. The third-order valence-electron chi connectivity index (χ3n) is 4.46. The van der Waals surface area contributed by atoms with E-state index in [-0.39, 0.29) is 27.1 Å². The second kappa shape index (κ2) is 8.89. The van der Waals surface area contributed by atoms with Gasteiger partial charge in [0.1, 0.15) is 9.94 Å². The Balaban J connectivity index is 1.59. The van der Waals surface area contributed by atoms with Crippen LogP contribution >= 0.6 is 23.4 Å². The van der Waals surface area contributed by atoms with Gasteiger partial charge in [-0.15, -0.1) is 0 Å². The molecule has 4 rings (SSSR count). The molecule has 0 bridgehead atoms. The minimum absolute atomic E-state index is 0.00339. The first-order valence-electron chi connectivity index (χ1n) is 9.56. The lowest BCUT2D eigenvalue weighted by atomic mass is 10.1. The van der Waals surface area contributed by atoms with E-state index in [0.29, 0.717) is 10.7 Å². The quantitative estimate of drug-likeness (QED) is 0.472. The number of nitrogens with one attached hydrogen (secondary N) is 1. The predicted octanol–water partition coefficient (Wildman–Crippen LogP) is 4.53. The summed E-state index contributed by atoms with van der Waals surface area (Å²) in [6, 6.07) is 12.1. The lowest BCUT2D eigenvalue weighted by Gasteiger charge is -2.20. The van der Waals surface area contributed by atoms with Gasteiger partial charge in [-0.2, -0.15) is 23.5 Å². The number of benzene rings is 2. The van der Waals surface area contributed by atoms with Crippen LogP contribution in [-0.4, -0.2) is 35.4 Å². The molecule has 0 saturated carbocycles. The summed E-state index contributed by atoms with van der Waals surface area (Å²) < 4.78 is 30.0. The van der Waals surface area contributed by atoms with Gasteiger partial charge < -0.3 is 4.18 Å². The van der Waals surface area contributed by atoms with Crippen molar-refractivity contribution in [2.24, 2.45) is 10.1 Å². The normalized spacial score (nSPS) is 17.3. The molecule has 2 aromatic rings. The Morgan fingerprint density at radius 3 is 2.66 bits per heavy atom. The first-order chi connectivity index (χ1) is 15.3. The minimum atomic E-state index is -4.04. The molecule has 0 unspecified atom stereocenters. The Hall–Kier alpha value is -2.95. The molecule has 0 atom stereocenters. The van der Waals surface area contributed by atoms with Gasteiger partial charge in [-0.05, 0) is 60.5 Å². The molecule has 0 aliphatic carbocycles. The predicted molar refractivity (Wildman–Crippen MR) is 126 cm³/mol. The van der Waals surface area contributed by atoms with Crippen LogP contribution in [0.5, 0.6) is 5.75 Å². The zero-order valence-electron chi connectivity index (χ0n) is 16.8. The van der Waals surface area contributed by atoms with E-state index in [0.717, 1.165) is 17.9 Å². The number of carbonyl (C=O) groups excluding carboxylic acids is 1. The summed E-state index contributed by atoms with van der Waals surface area (Å²) in [5.41, 5.74) is 0.535. The maximum atomic E-state index is 12.5. The first kappa shape index (κ1) is 22.3. The number of rotatable bonds is 6. The highest BCUT2D eigenvalue weighted by Gasteiger charge is 2.35. The number of carbonyl (C=O) groups is 1. The Labute approximate surface area is 194 Å². The maximum absolute atomic E-state index is 12.5. The molecule has 32 heavy (non-hydrogen) atoms. The number of amidine groups is 2. The number of aliphatic imine (C=N–C) groups is 1. The van der Waals surface area contributed by atoms with Gasteiger partial charge in [0.15, 0.2) is 11.6 Å². The fraction of sp³-hybridized carbons (Fsp3) is 0.143. The molecule has 0 saturated heterocycles. The van der Waals surface area contributed by atoms with Crippen molar-refractivity contribution in [3.05, 3.63) is 64.7 Å². The van der Waals surface area contributed by atoms with Crippen molar-refractivity contribution < 1.29 is 17.4 Å². The average molecular weight is 489 g/mol. The van der Waals surface area contributed by atoms with Crippen LogP contribution in [0.1, 0.15) is 25.3 Å². The molecule has 2 heterocycles. The average Bonchev–Trinajstić information content (AvgIpc) is 3.16. The summed E-state index contributed by atoms with van der Waals surface area (Å²) in [4.78, 5) is 16.5. The van der Waals surface area contributed by atoms with Gasteiger partial charge in [-0.3, -0.25) is 10.2 Å². The van der Waals surface area contributed by atoms with Crippen molar-refractivity contribution >= 4 is 61.5 Å². The monoisotopic (exact) mass is 488 g/mol. The summed E-state index contributed by atoms with van der Waals surface area (Å²) >= 11 is 7.52. The lowest BCUT2D eigenvalue weighted by molar-refractivity contribution is -0.114. The van der Waals surface area contributed by atoms with Crippen LogP contribution in [-0.2, 0) is 14.9 Å². The van der Waals surface area contributed by atoms with E-state index < -0.39 is 16.0 Å². The van der Waals surface area contributed by atoms with E-state index in [9.17, 15) is 13.2 Å². The molecule has 2 aliphatic rings. The van der Waals surface area contributed by atoms with E-state index in [2.05, 4.69) is 10.1 Å². The number of hydrazone groups is 1. The van der Waals surface area contributed by atoms with Crippen molar-refractivity contribution in [3.63, 3.8) is 0 Å². The van der Waals surface area contributed by atoms with Gasteiger partial charge >= 0.3 is 10.1 Å². The van der Waals surface area contributed by atoms with Crippen LogP contribution in [0.15, 0.2) is 69.1 Å². The minimum Gasteiger partial charge on any atom is -0.377 e. The van der Waals surface area contributed by atoms with Crippen molar-refractivity contribution in [2.45, 2.75) is 24.7 Å². The van der Waals surface area contributed by atoms with E-state index >= 15 is 0 Å². The van der Waals surface area contributed by atoms with Gasteiger partial charge in [0, 0.05) is 0 Å². The highest BCUT2D eigenvalue weighted by atomic mass is 35.5. The van der Waals surface area contributed by atoms with Crippen molar-refractivity contribution in [1.82, 2.24) is 5.01 Å². The van der Waals surface area contributed by atoms with E-state index in [1.807, 2.05) is 6.92 Å². The van der Waals surface area contributed by atoms with Crippen LogP contribution in [0.25, 0.3) is 6.08 Å². The molecular formula is C21H17ClN4O4S2. The topological polar surface area (TPSA) is 112 Å². The SMILES string of the molecule is CCCC1=NN2C(=N)/C(=C/c3ccc(OS(=O)(=O)c4ccccc4)c(Cl)c3)C(=O)N=C2S1. The standard InChI is InChI=1S/C21H17ClN4O4S2/c1-2-6-18-25-26-19(23)15(20(27)24-21(26)31-18)11-13-9-10-17(16(22)12-13)30-32(28,29)14-7-4-3-5-8-14/h3-5,7-12,23H,2,6H2,1H3/b15-11-,23-19?. The summed E-state index contributed by atoms with van der Waals surface area (Å²) in [5, 5.41) is 15.3. The highest BCUT2D eigenvalue weighted by Crippen LogP contribution is 2.32. The molecule has 8 nitrogen and oxygen atoms in total. The fourth-order valence-corrected chi connectivity index (χ4v) is 5.17. The molecule has 0 aromatic heterocycles. The number of hydrogen-bond donors (Lipinski definition) is 1. The molecular weight excluding hydrogens is 472 g/mol. The molecule has 2 aliphatic heterocycles. The Morgan fingerprint density at radius 1 is 1.22 bits per heavy atom. The van der Waals surface area contributed by atoms with E-state index in [1.54, 1.807) is 24.3 Å². The Kier molecular flexibility index (Phi) is 6.18. The smallest absolute Gasteiger partial charge is 0.339 e. The molecule has 11 heteroatoms. The molecule has 164 valence electrons. The summed E-state index contributed by atoms with van der Waals surface area (Å²) in [6.07, 6.45) is 3.10. The number of thioether (sulfide) groups is 1. The van der Waals surface area contributed by atoms with E-state index in [4.69, 9.17) is 21.2 Å². The second-order valence-corrected chi connectivity index (χ2v) is 9.80. The van der Waals surface area contributed by atoms with Gasteiger partial charge in [0.05, 0.1) is 10.6 Å². The number of nitrogens with zero attached hydrogens (tertiary/aromatic N) is 3. The Bertz CT molecular complexity index is 1300. The number of hydrogen-bond acceptors (Lipinski definition) is 7. The molecule has 2 aromatic carbocycles. The summed E-state index contributed by atoms with van der Waals surface area (Å²) in [5.74, 6) is -0.681. The van der Waals surface area contributed by atoms with Crippen LogP contribution in [0.3, 0.4) is 0 Å². The first-order valence-corrected chi connectivity index (χ1v) is 12.2. The zero-order valence-corrected chi connectivity index (χ0v) is 19.2. The van der Waals surface area contributed by atoms with Crippen LogP contribution < -0.4 is 4.18 Å². The van der Waals surface area contributed by atoms with Crippen molar-refractivity contribution in [3.8, 4) is 5.75 Å². The van der Waals surface area contributed by atoms with Gasteiger partial charge in [-0.25, -0.2) is 0 Å². The Morgan fingerprint density at radius 2 is 1.97 bits per heavy atom. The summed E-state index contributed by atoms with van der Waals surface area (Å²) in [6.45, 7) is 2.02. The molecule has 0 fully saturated rings. The third kappa shape index (κ3) is 4.47. The van der Waals surface area contributed by atoms with Gasteiger partial charge in [0.2, 0.25) is 5.17 Å². The second-order valence-electron chi connectivity index (χ2n) is 6.80. The van der Waals surface area contributed by atoms with Crippen LogP contribution in [0.4, 0.5) is 0 Å². The lowest BCUT2D eigenvalue weighted by Crippen LogP contribution is -2.35. The fourth-order valence-electron chi connectivity index (χ4n) is 2.94. The molecule has 0 spiro atoms. The van der Waals surface area contributed by atoms with Crippen LogP contribution in [0, 0.1) is 5.41 Å². The van der Waals surface area contributed by atoms with Crippen LogP contribution in [0.2, 0.25) is 5.02 Å². The zero-order chi connectivity index (χ0) is 22.9. The molecule has 1 N–H and O–H groups in total. The highest BCUT2D eigenvalue weighted by molar-refractivity contribution is 8.26. The number of halogens is 1. The number of fused-ring (bicyclic) bond motifs is 1. The third-order valence-corrected chi connectivity index (χ3v) is 6.97. The van der Waals surface area contributed by atoms with Gasteiger partial charge in [0.25, 0.3) is 5.91 Å². The van der Waals surface area contributed by atoms with Gasteiger partial charge in [-0.1, -0.05) is 42.8 Å². The van der Waals surface area contributed by atoms with E-state index in [1.165, 1.54) is 47.1 Å². The van der Waals surface area contributed by atoms with Crippen molar-refractivity contribution in [2.75, 3.05) is 0 Å². The largest absolute Gasteiger partial charge is 0.377 e. The summed E-state index contributed by atoms with van der Waals surface area (Å²) in [7, 11) is -4.04. The molecule has 0 radical (unpaired) electrons. The molecule has 1 amide bonds. The number of amides is 1. The van der Waals surface area contributed by atoms with Crippen molar-refractivity contribution in [1.29, 1.82) is 5.41 Å².